The summed E-state index contributed by atoms with van der Waals surface area (Å²) in [6.45, 7) is 3.55. The third-order valence-corrected chi connectivity index (χ3v) is 6.99. The predicted molar refractivity (Wildman–Crippen MR) is 133 cm³/mol. The van der Waals surface area contributed by atoms with E-state index in [9.17, 15) is 28.7 Å². The lowest BCUT2D eigenvalue weighted by molar-refractivity contribution is -0.131. The van der Waals surface area contributed by atoms with Crippen molar-refractivity contribution in [3.05, 3.63) is 62.3 Å². The lowest BCUT2D eigenvalue weighted by Gasteiger charge is -2.39. The molecule has 1 aliphatic heterocycles. The number of pyridine rings is 1. The second-order valence-electron chi connectivity index (χ2n) is 9.45. The van der Waals surface area contributed by atoms with Crippen LogP contribution in [0.5, 0.6) is 5.75 Å². The molecule has 1 aromatic heterocycles. The zero-order chi connectivity index (χ0) is 25.8. The first-order chi connectivity index (χ1) is 16.4. The summed E-state index contributed by atoms with van der Waals surface area (Å²) < 4.78 is 15.6. The molecule has 0 radical (unpaired) electrons. The molecule has 1 fully saturated rings. The summed E-state index contributed by atoms with van der Waals surface area (Å²) in [5.41, 5.74) is -2.46. The van der Waals surface area contributed by atoms with E-state index in [2.05, 4.69) is 5.32 Å². The van der Waals surface area contributed by atoms with Gasteiger partial charge in [0, 0.05) is 45.0 Å². The van der Waals surface area contributed by atoms with Gasteiger partial charge < -0.3 is 24.8 Å². The maximum absolute atomic E-state index is 14.2. The van der Waals surface area contributed by atoms with E-state index < -0.39 is 45.8 Å². The van der Waals surface area contributed by atoms with E-state index in [4.69, 9.17) is 11.6 Å². The highest BCUT2D eigenvalue weighted by Crippen LogP contribution is 2.55. The normalized spacial score (nSPS) is 20.1. The van der Waals surface area contributed by atoms with E-state index in [0.717, 1.165) is 0 Å². The lowest BCUT2D eigenvalue weighted by atomic mass is 10.0. The number of benzene rings is 1. The van der Waals surface area contributed by atoms with Crippen molar-refractivity contribution in [2.45, 2.75) is 38.4 Å². The SMILES string of the molecule is CC(C)N1C[C@]2(C[C@H]2C(=O)N(C)C)n2cc(C(=O)NCc3cccc(Cl)c3F)c(=O)c(O)c2C1=O.Cl. The summed E-state index contributed by atoms with van der Waals surface area (Å²) in [4.78, 5) is 54.8. The molecule has 2 aliphatic rings. The smallest absolute Gasteiger partial charge is 0.274 e. The van der Waals surface area contributed by atoms with E-state index in [1.54, 1.807) is 27.9 Å². The summed E-state index contributed by atoms with van der Waals surface area (Å²) >= 11 is 5.78. The van der Waals surface area contributed by atoms with E-state index in [1.165, 1.54) is 38.8 Å². The molecular formula is C24H27Cl2FN4O5. The molecule has 3 amide bonds. The number of nitrogens with zero attached hydrogens (tertiary/aromatic N) is 3. The Morgan fingerprint density at radius 3 is 2.58 bits per heavy atom. The number of fused-ring (bicyclic) bond motifs is 2. The molecule has 1 aromatic carbocycles. The molecule has 2 atom stereocenters. The Labute approximate surface area is 218 Å². The van der Waals surface area contributed by atoms with Crippen molar-refractivity contribution in [1.29, 1.82) is 0 Å². The minimum absolute atomic E-state index is 0. The molecule has 4 rings (SSSR count). The maximum atomic E-state index is 14.2. The Kier molecular flexibility index (Phi) is 7.44. The van der Waals surface area contributed by atoms with Crippen molar-refractivity contribution >= 4 is 41.7 Å². The number of carbonyl (C=O) groups is 3. The second kappa shape index (κ2) is 9.74. The van der Waals surface area contributed by atoms with Gasteiger partial charge in [-0.15, -0.1) is 12.4 Å². The van der Waals surface area contributed by atoms with Crippen LogP contribution in [0.25, 0.3) is 0 Å². The van der Waals surface area contributed by atoms with Crippen molar-refractivity contribution in [3.63, 3.8) is 0 Å². The fraction of sp³-hybridized carbons (Fsp3) is 0.417. The van der Waals surface area contributed by atoms with Gasteiger partial charge in [0.2, 0.25) is 11.3 Å². The van der Waals surface area contributed by atoms with Gasteiger partial charge >= 0.3 is 0 Å². The molecule has 1 saturated carbocycles. The number of hydrogen-bond donors (Lipinski definition) is 2. The average Bonchev–Trinajstić information content (AvgIpc) is 3.52. The Morgan fingerprint density at radius 1 is 1.31 bits per heavy atom. The Bertz CT molecular complexity index is 1310. The largest absolute Gasteiger partial charge is 0.503 e. The van der Waals surface area contributed by atoms with Gasteiger partial charge in [0.15, 0.2) is 11.4 Å². The van der Waals surface area contributed by atoms with Crippen molar-refractivity contribution < 1.29 is 23.9 Å². The number of halogens is 3. The van der Waals surface area contributed by atoms with Gasteiger partial charge in [-0.2, -0.15) is 0 Å². The average molecular weight is 541 g/mol. The topological polar surface area (TPSA) is 112 Å². The van der Waals surface area contributed by atoms with Crippen molar-refractivity contribution in [3.8, 4) is 5.75 Å². The van der Waals surface area contributed by atoms with Crippen LogP contribution in [0, 0.1) is 11.7 Å². The number of carbonyl (C=O) groups excluding carboxylic acids is 3. The number of nitrogens with one attached hydrogen (secondary N) is 1. The molecule has 0 unspecified atom stereocenters. The van der Waals surface area contributed by atoms with Gasteiger partial charge in [0.1, 0.15) is 11.4 Å². The number of aromatic hydroxyl groups is 1. The molecule has 0 bridgehead atoms. The van der Waals surface area contributed by atoms with Gasteiger partial charge in [-0.25, -0.2) is 4.39 Å². The molecule has 1 spiro atoms. The summed E-state index contributed by atoms with van der Waals surface area (Å²) in [6.07, 6.45) is 1.60. The summed E-state index contributed by atoms with van der Waals surface area (Å²) in [5, 5.41) is 13.1. The van der Waals surface area contributed by atoms with Crippen LogP contribution in [0.1, 0.15) is 46.7 Å². The molecule has 2 heterocycles. The van der Waals surface area contributed by atoms with Crippen molar-refractivity contribution in [2.75, 3.05) is 20.6 Å². The number of amides is 3. The van der Waals surface area contributed by atoms with E-state index in [1.807, 2.05) is 0 Å². The van der Waals surface area contributed by atoms with Crippen LogP contribution >= 0.6 is 24.0 Å². The Hall–Kier alpha value is -3.11. The Balaban J connectivity index is 0.00000361. The minimum atomic E-state index is -1.02. The van der Waals surface area contributed by atoms with E-state index in [0.29, 0.717) is 6.42 Å². The van der Waals surface area contributed by atoms with Crippen LogP contribution in [-0.4, -0.2) is 63.9 Å². The number of hydrogen-bond acceptors (Lipinski definition) is 5. The molecule has 12 heteroatoms. The fourth-order valence-electron chi connectivity index (χ4n) is 4.63. The zero-order valence-corrected chi connectivity index (χ0v) is 21.7. The number of aromatic nitrogens is 1. The van der Waals surface area contributed by atoms with Crippen LogP contribution in [0.2, 0.25) is 5.02 Å². The van der Waals surface area contributed by atoms with Crippen LogP contribution in [0.3, 0.4) is 0 Å². The van der Waals surface area contributed by atoms with Crippen LogP contribution in [0.4, 0.5) is 4.39 Å². The van der Waals surface area contributed by atoms with Crippen LogP contribution in [0.15, 0.2) is 29.2 Å². The summed E-state index contributed by atoms with van der Waals surface area (Å²) in [6, 6.07) is 4.09. The first-order valence-corrected chi connectivity index (χ1v) is 11.5. The number of rotatable bonds is 5. The van der Waals surface area contributed by atoms with Crippen molar-refractivity contribution in [2.24, 2.45) is 5.92 Å². The molecule has 1 aliphatic carbocycles. The van der Waals surface area contributed by atoms with Gasteiger partial charge in [0.25, 0.3) is 11.8 Å². The third-order valence-electron chi connectivity index (χ3n) is 6.69. The highest BCUT2D eigenvalue weighted by atomic mass is 35.5. The van der Waals surface area contributed by atoms with E-state index >= 15 is 0 Å². The highest BCUT2D eigenvalue weighted by Gasteiger charge is 2.64. The van der Waals surface area contributed by atoms with Crippen molar-refractivity contribution in [1.82, 2.24) is 19.7 Å². The molecular weight excluding hydrogens is 514 g/mol. The predicted octanol–water partition coefficient (Wildman–Crippen LogP) is 2.37. The second-order valence-corrected chi connectivity index (χ2v) is 9.86. The Morgan fingerprint density at radius 2 is 1.97 bits per heavy atom. The van der Waals surface area contributed by atoms with Gasteiger partial charge in [0.05, 0.1) is 16.5 Å². The summed E-state index contributed by atoms with van der Waals surface area (Å²) in [5.74, 6) is -3.62. The minimum Gasteiger partial charge on any atom is -0.503 e. The quantitative estimate of drug-likeness (QED) is 0.604. The molecule has 9 nitrogen and oxygen atoms in total. The first-order valence-electron chi connectivity index (χ1n) is 11.1. The van der Waals surface area contributed by atoms with Gasteiger partial charge in [-0.05, 0) is 26.3 Å². The molecule has 2 aromatic rings. The molecule has 0 saturated heterocycles. The standard InChI is InChI=1S/C24H26ClFN4O5.ClH/c1-12(2)29-11-24(8-15(24)22(34)28(3)4)30-10-14(19(31)20(32)18(30)23(29)35)21(33)27-9-13-6-5-7-16(25)17(13)26;/h5-7,10,12,15,32H,8-9,11H2,1-4H3,(H,27,33);1H/t15-,24-;/m0./s1. The van der Waals surface area contributed by atoms with Gasteiger partial charge in [-0.3, -0.25) is 19.2 Å². The third kappa shape index (κ3) is 4.32. The monoisotopic (exact) mass is 540 g/mol. The first kappa shape index (κ1) is 27.5. The maximum Gasteiger partial charge on any atom is 0.274 e. The van der Waals surface area contributed by atoms with Crippen LogP contribution < -0.4 is 10.7 Å². The zero-order valence-electron chi connectivity index (χ0n) is 20.2. The van der Waals surface area contributed by atoms with Gasteiger partial charge in [-0.1, -0.05) is 23.7 Å². The fourth-order valence-corrected chi connectivity index (χ4v) is 4.83. The van der Waals surface area contributed by atoms with Crippen LogP contribution in [-0.2, 0) is 16.9 Å². The molecule has 2 N–H and O–H groups in total. The lowest BCUT2D eigenvalue weighted by Crippen LogP contribution is -2.53. The molecule has 36 heavy (non-hydrogen) atoms. The molecule has 194 valence electrons. The van der Waals surface area contributed by atoms with E-state index in [-0.39, 0.29) is 53.7 Å². The highest BCUT2D eigenvalue weighted by molar-refractivity contribution is 6.30. The summed E-state index contributed by atoms with van der Waals surface area (Å²) in [7, 11) is 3.25.